The maximum Gasteiger partial charge on any atom is 0.331 e. The van der Waals surface area contributed by atoms with Gasteiger partial charge < -0.3 is 9.47 Å². The molecule has 0 aliphatic heterocycles. The first-order valence-corrected chi connectivity index (χ1v) is 7.84. The highest BCUT2D eigenvalue weighted by Crippen LogP contribution is 2.34. The molecular weight excluding hydrogens is 296 g/mol. The highest BCUT2D eigenvalue weighted by molar-refractivity contribution is 6.25. The van der Waals surface area contributed by atoms with Crippen molar-refractivity contribution < 1.29 is 23.9 Å². The summed E-state index contributed by atoms with van der Waals surface area (Å²) in [4.78, 5) is 38.2. The average molecular weight is 320 g/mol. The second-order valence-electron chi connectivity index (χ2n) is 5.64. The summed E-state index contributed by atoms with van der Waals surface area (Å²) < 4.78 is 10.1. The van der Waals surface area contributed by atoms with E-state index in [1.54, 1.807) is 44.2 Å². The number of Topliss-reactive ketones (excluding diaryl/α,β-unsaturated/α-hetero) is 1. The summed E-state index contributed by atoms with van der Waals surface area (Å²) in [7, 11) is 0. The number of hydrogen-bond acceptors (Lipinski definition) is 5. The van der Waals surface area contributed by atoms with E-state index in [-0.39, 0.29) is 31.1 Å². The predicted octanol–water partition coefficient (Wildman–Crippen LogP) is 3.03. The molecule has 0 spiro atoms. The van der Waals surface area contributed by atoms with Gasteiger partial charge in [0.25, 0.3) is 0 Å². The van der Waals surface area contributed by atoms with Crippen LogP contribution in [0.1, 0.15) is 44.5 Å². The van der Waals surface area contributed by atoms with Crippen molar-refractivity contribution in [1.29, 1.82) is 0 Å². The van der Waals surface area contributed by atoms with Gasteiger partial charge in [-0.3, -0.25) is 14.4 Å². The molecule has 0 heterocycles. The molecule has 1 rings (SSSR count). The monoisotopic (exact) mass is 320 g/mol. The Balaban J connectivity index is 3.44. The van der Waals surface area contributed by atoms with Crippen molar-refractivity contribution in [2.24, 2.45) is 11.3 Å². The molecule has 0 unspecified atom stereocenters. The van der Waals surface area contributed by atoms with Crippen molar-refractivity contribution in [3.8, 4) is 0 Å². The van der Waals surface area contributed by atoms with Crippen LogP contribution in [0.25, 0.3) is 0 Å². The normalized spacial score (nSPS) is 11.2. The standard InChI is InChI=1S/C18H24O5/c1-5-22-16(20)18(12-13(3)4,17(21)23-6-2)15(19)14-10-8-7-9-11-14/h7-11,13H,5-6,12H2,1-4H3. The van der Waals surface area contributed by atoms with Gasteiger partial charge in [-0.1, -0.05) is 44.2 Å². The molecule has 1 aromatic rings. The number of ketones is 1. The van der Waals surface area contributed by atoms with E-state index in [9.17, 15) is 14.4 Å². The molecule has 0 amide bonds. The first-order valence-electron chi connectivity index (χ1n) is 7.84. The lowest BCUT2D eigenvalue weighted by Gasteiger charge is -2.29. The Hall–Kier alpha value is -2.17. The topological polar surface area (TPSA) is 69.7 Å². The molecule has 0 N–H and O–H groups in total. The van der Waals surface area contributed by atoms with Crippen molar-refractivity contribution in [3.05, 3.63) is 35.9 Å². The molecule has 0 saturated carbocycles. The SMILES string of the molecule is CCOC(=O)C(CC(C)C)(C(=O)OCC)C(=O)c1ccccc1. The smallest absolute Gasteiger partial charge is 0.331 e. The summed E-state index contributed by atoms with van der Waals surface area (Å²) in [5, 5.41) is 0. The summed E-state index contributed by atoms with van der Waals surface area (Å²) in [5.41, 5.74) is -1.67. The van der Waals surface area contributed by atoms with Crippen LogP contribution in [0.2, 0.25) is 0 Å². The predicted molar refractivity (Wildman–Crippen MR) is 85.9 cm³/mol. The van der Waals surface area contributed by atoms with E-state index in [1.165, 1.54) is 0 Å². The van der Waals surface area contributed by atoms with Crippen molar-refractivity contribution in [3.63, 3.8) is 0 Å². The quantitative estimate of drug-likeness (QED) is 0.418. The summed E-state index contributed by atoms with van der Waals surface area (Å²) in [6, 6.07) is 8.29. The first-order chi connectivity index (χ1) is 10.9. The van der Waals surface area contributed by atoms with Gasteiger partial charge in [0.2, 0.25) is 5.41 Å². The van der Waals surface area contributed by atoms with Gasteiger partial charge in [0, 0.05) is 5.56 Å². The third-order valence-corrected chi connectivity index (χ3v) is 3.39. The molecule has 0 saturated heterocycles. The molecule has 5 nitrogen and oxygen atoms in total. The number of esters is 2. The molecule has 1 aromatic carbocycles. The summed E-state index contributed by atoms with van der Waals surface area (Å²) >= 11 is 0. The molecule has 23 heavy (non-hydrogen) atoms. The van der Waals surface area contributed by atoms with Crippen molar-refractivity contribution in [2.45, 2.75) is 34.1 Å². The Morgan fingerprint density at radius 3 is 1.83 bits per heavy atom. The number of carbonyl (C=O) groups is 3. The van der Waals surface area contributed by atoms with Crippen LogP contribution in [0.15, 0.2) is 30.3 Å². The van der Waals surface area contributed by atoms with Crippen LogP contribution in [0.4, 0.5) is 0 Å². The lowest BCUT2D eigenvalue weighted by atomic mass is 9.74. The largest absolute Gasteiger partial charge is 0.465 e. The van der Waals surface area contributed by atoms with E-state index in [0.717, 1.165) is 0 Å². The molecule has 0 bridgehead atoms. The second-order valence-corrected chi connectivity index (χ2v) is 5.64. The summed E-state index contributed by atoms with van der Waals surface area (Å²) in [6.07, 6.45) is 0.0401. The van der Waals surface area contributed by atoms with Crippen molar-refractivity contribution in [2.75, 3.05) is 13.2 Å². The lowest BCUT2D eigenvalue weighted by molar-refractivity contribution is -0.168. The highest BCUT2D eigenvalue weighted by atomic mass is 16.6. The van der Waals surface area contributed by atoms with Gasteiger partial charge in [-0.25, -0.2) is 0 Å². The lowest BCUT2D eigenvalue weighted by Crippen LogP contribution is -2.49. The van der Waals surface area contributed by atoms with Gasteiger partial charge >= 0.3 is 11.9 Å². The zero-order valence-corrected chi connectivity index (χ0v) is 14.1. The minimum atomic E-state index is -1.96. The van der Waals surface area contributed by atoms with E-state index >= 15 is 0 Å². The Kier molecular flexibility index (Phi) is 6.94. The number of carbonyl (C=O) groups excluding carboxylic acids is 3. The van der Waals surface area contributed by atoms with Gasteiger partial charge in [-0.05, 0) is 26.2 Å². The van der Waals surface area contributed by atoms with Crippen LogP contribution >= 0.6 is 0 Å². The molecule has 5 heteroatoms. The second kappa shape index (κ2) is 8.46. The first kappa shape index (κ1) is 18.9. The third-order valence-electron chi connectivity index (χ3n) is 3.39. The fourth-order valence-corrected chi connectivity index (χ4v) is 2.48. The van der Waals surface area contributed by atoms with Crippen LogP contribution in [0.3, 0.4) is 0 Å². The van der Waals surface area contributed by atoms with Gasteiger partial charge in [-0.2, -0.15) is 0 Å². The van der Waals surface area contributed by atoms with Gasteiger partial charge in [-0.15, -0.1) is 0 Å². The minimum Gasteiger partial charge on any atom is -0.465 e. The van der Waals surface area contributed by atoms with Crippen LogP contribution < -0.4 is 0 Å². The van der Waals surface area contributed by atoms with E-state index < -0.39 is 23.1 Å². The molecule has 0 aliphatic rings. The Morgan fingerprint density at radius 2 is 1.43 bits per heavy atom. The number of hydrogen-bond donors (Lipinski definition) is 0. The average Bonchev–Trinajstić information content (AvgIpc) is 2.53. The zero-order valence-electron chi connectivity index (χ0n) is 14.1. The fraction of sp³-hybridized carbons (Fsp3) is 0.500. The number of ether oxygens (including phenoxy) is 2. The summed E-state index contributed by atoms with van der Waals surface area (Å²) in [5.74, 6) is -2.35. The maximum absolute atomic E-state index is 13.0. The highest BCUT2D eigenvalue weighted by Gasteiger charge is 2.55. The summed E-state index contributed by atoms with van der Waals surface area (Å²) in [6.45, 7) is 7.11. The molecule has 0 radical (unpaired) electrons. The van der Waals surface area contributed by atoms with Crippen molar-refractivity contribution in [1.82, 2.24) is 0 Å². The molecular formula is C18H24O5. The van der Waals surface area contributed by atoms with Gasteiger partial charge in [0.15, 0.2) is 5.78 Å². The van der Waals surface area contributed by atoms with Gasteiger partial charge in [0.1, 0.15) is 0 Å². The molecule has 0 aromatic heterocycles. The Bertz CT molecular complexity index is 530. The molecule has 126 valence electrons. The Labute approximate surface area is 137 Å². The zero-order chi connectivity index (χ0) is 17.5. The van der Waals surface area contributed by atoms with Crippen LogP contribution in [-0.4, -0.2) is 30.9 Å². The van der Waals surface area contributed by atoms with E-state index in [4.69, 9.17) is 9.47 Å². The third kappa shape index (κ3) is 4.18. The van der Waals surface area contributed by atoms with Crippen molar-refractivity contribution >= 4 is 17.7 Å². The van der Waals surface area contributed by atoms with Crippen LogP contribution in [0, 0.1) is 11.3 Å². The molecule has 0 atom stereocenters. The van der Waals surface area contributed by atoms with E-state index in [0.29, 0.717) is 0 Å². The Morgan fingerprint density at radius 1 is 0.957 bits per heavy atom. The van der Waals surface area contributed by atoms with Crippen LogP contribution in [0.5, 0.6) is 0 Å². The molecule has 0 fully saturated rings. The fourth-order valence-electron chi connectivity index (χ4n) is 2.48. The van der Waals surface area contributed by atoms with Gasteiger partial charge in [0.05, 0.1) is 13.2 Å². The number of benzene rings is 1. The van der Waals surface area contributed by atoms with E-state index in [1.807, 2.05) is 13.8 Å². The van der Waals surface area contributed by atoms with E-state index in [2.05, 4.69) is 0 Å². The molecule has 0 aliphatic carbocycles. The minimum absolute atomic E-state index is 0.0401. The number of rotatable bonds is 8. The maximum atomic E-state index is 13.0. The van der Waals surface area contributed by atoms with Crippen LogP contribution in [-0.2, 0) is 19.1 Å².